The minimum absolute atomic E-state index is 0. The second kappa shape index (κ2) is 12.8. The molecule has 1 amide bonds. The molecular formula is C23H39Cl2N3O. The van der Waals surface area contributed by atoms with Crippen LogP contribution in [0.5, 0.6) is 0 Å². The van der Waals surface area contributed by atoms with Crippen LogP contribution in [-0.4, -0.2) is 48.9 Å². The Morgan fingerprint density at radius 2 is 1.72 bits per heavy atom. The number of nitrogens with zero attached hydrogens (tertiary/aromatic N) is 2. The summed E-state index contributed by atoms with van der Waals surface area (Å²) in [6.07, 6.45) is 8.97. The third-order valence-electron chi connectivity index (χ3n) is 6.71. The predicted octanol–water partition coefficient (Wildman–Crippen LogP) is 4.50. The third kappa shape index (κ3) is 7.75. The van der Waals surface area contributed by atoms with Gasteiger partial charge in [0.05, 0.1) is 0 Å². The van der Waals surface area contributed by atoms with E-state index in [2.05, 4.69) is 47.2 Å². The summed E-state index contributed by atoms with van der Waals surface area (Å²) < 4.78 is 0. The quantitative estimate of drug-likeness (QED) is 0.674. The zero-order valence-electron chi connectivity index (χ0n) is 17.9. The molecule has 166 valence electrons. The lowest BCUT2D eigenvalue weighted by Crippen LogP contribution is -2.44. The standard InChI is InChI=1S/C23H37N3O.2ClH/c1-25(17-20-8-4-2-5-9-20)18-21-10-14-26(15-11-21)22(27)16-23(19-24)12-6-3-7-13-23;;/h2,4-5,8-9,21H,3,6-7,10-19,24H2,1H3;2*1H. The van der Waals surface area contributed by atoms with E-state index in [1.807, 2.05) is 0 Å². The number of rotatable bonds is 7. The molecule has 1 aromatic carbocycles. The Morgan fingerprint density at radius 3 is 2.31 bits per heavy atom. The number of piperidine rings is 1. The second-order valence-corrected chi connectivity index (χ2v) is 8.95. The van der Waals surface area contributed by atoms with Crippen molar-refractivity contribution < 1.29 is 4.79 Å². The van der Waals surface area contributed by atoms with Gasteiger partial charge in [-0.05, 0) is 56.2 Å². The number of amides is 1. The van der Waals surface area contributed by atoms with Crippen LogP contribution in [0.2, 0.25) is 0 Å². The van der Waals surface area contributed by atoms with Crippen molar-refractivity contribution in [1.29, 1.82) is 0 Å². The van der Waals surface area contributed by atoms with Crippen molar-refractivity contribution in [2.24, 2.45) is 17.1 Å². The number of likely N-dealkylation sites (tertiary alicyclic amines) is 1. The summed E-state index contributed by atoms with van der Waals surface area (Å²) in [7, 11) is 2.21. The maximum absolute atomic E-state index is 12.9. The van der Waals surface area contributed by atoms with Crippen LogP contribution in [0.3, 0.4) is 0 Å². The topological polar surface area (TPSA) is 49.6 Å². The highest BCUT2D eigenvalue weighted by molar-refractivity contribution is 5.85. The Balaban J connectivity index is 0.00000210. The number of hydrogen-bond donors (Lipinski definition) is 1. The Bertz CT molecular complexity index is 585. The van der Waals surface area contributed by atoms with E-state index >= 15 is 0 Å². The molecule has 29 heavy (non-hydrogen) atoms. The molecule has 3 rings (SSSR count). The SMILES string of the molecule is CN(Cc1ccccc1)CC1CCN(C(=O)CC2(CN)CCCCC2)CC1.Cl.Cl. The number of hydrogen-bond acceptors (Lipinski definition) is 3. The van der Waals surface area contributed by atoms with Crippen molar-refractivity contribution in [3.63, 3.8) is 0 Å². The van der Waals surface area contributed by atoms with Gasteiger partial charge in [-0.1, -0.05) is 49.6 Å². The van der Waals surface area contributed by atoms with E-state index in [0.29, 0.717) is 24.8 Å². The molecule has 0 unspecified atom stereocenters. The van der Waals surface area contributed by atoms with E-state index in [1.165, 1.54) is 24.8 Å². The van der Waals surface area contributed by atoms with Gasteiger partial charge < -0.3 is 15.5 Å². The van der Waals surface area contributed by atoms with E-state index < -0.39 is 0 Å². The van der Waals surface area contributed by atoms with Crippen LogP contribution in [0.15, 0.2) is 30.3 Å². The predicted molar refractivity (Wildman–Crippen MR) is 126 cm³/mol. The molecule has 0 atom stereocenters. The second-order valence-electron chi connectivity index (χ2n) is 8.95. The Morgan fingerprint density at radius 1 is 1.10 bits per heavy atom. The molecule has 0 radical (unpaired) electrons. The fourth-order valence-electron chi connectivity index (χ4n) is 4.95. The van der Waals surface area contributed by atoms with E-state index in [4.69, 9.17) is 5.73 Å². The normalized spacial score (nSPS) is 19.3. The first kappa shape index (κ1) is 26.2. The molecule has 4 nitrogen and oxygen atoms in total. The van der Waals surface area contributed by atoms with E-state index in [9.17, 15) is 4.79 Å². The van der Waals surface area contributed by atoms with Crippen molar-refractivity contribution in [3.8, 4) is 0 Å². The van der Waals surface area contributed by atoms with Crippen LogP contribution >= 0.6 is 24.8 Å². The molecule has 1 saturated heterocycles. The van der Waals surface area contributed by atoms with E-state index in [1.54, 1.807) is 0 Å². The Labute approximate surface area is 189 Å². The summed E-state index contributed by atoms with van der Waals surface area (Å²) in [5, 5.41) is 0. The van der Waals surface area contributed by atoms with Gasteiger partial charge in [-0.25, -0.2) is 0 Å². The molecule has 0 spiro atoms. The Kier molecular flexibility index (Phi) is 11.6. The molecule has 0 bridgehead atoms. The van der Waals surface area contributed by atoms with Gasteiger partial charge in [0.25, 0.3) is 0 Å². The van der Waals surface area contributed by atoms with Crippen LogP contribution < -0.4 is 5.73 Å². The Hall–Kier alpha value is -0.810. The molecule has 1 heterocycles. The minimum atomic E-state index is 0. The average molecular weight is 444 g/mol. The van der Waals surface area contributed by atoms with Gasteiger partial charge in [-0.2, -0.15) is 0 Å². The molecule has 6 heteroatoms. The monoisotopic (exact) mass is 443 g/mol. The van der Waals surface area contributed by atoms with Crippen LogP contribution in [0.1, 0.15) is 56.9 Å². The molecule has 1 aliphatic heterocycles. The van der Waals surface area contributed by atoms with Gasteiger partial charge in [0, 0.05) is 32.6 Å². The summed E-state index contributed by atoms with van der Waals surface area (Å²) in [6.45, 7) is 4.62. The molecule has 2 N–H and O–H groups in total. The number of carbonyl (C=O) groups excluding carboxylic acids is 1. The first-order valence-electron chi connectivity index (χ1n) is 10.8. The molecule has 0 aromatic heterocycles. The maximum Gasteiger partial charge on any atom is 0.223 e. The third-order valence-corrected chi connectivity index (χ3v) is 6.71. The number of benzene rings is 1. The lowest BCUT2D eigenvalue weighted by Gasteiger charge is -2.39. The number of nitrogens with two attached hydrogens (primary N) is 1. The van der Waals surface area contributed by atoms with E-state index in [-0.39, 0.29) is 30.2 Å². The molecule has 2 aliphatic rings. The summed E-state index contributed by atoms with van der Waals surface area (Å²) >= 11 is 0. The fourth-order valence-corrected chi connectivity index (χ4v) is 4.95. The van der Waals surface area contributed by atoms with Crippen LogP contribution in [0, 0.1) is 11.3 Å². The minimum Gasteiger partial charge on any atom is -0.343 e. The van der Waals surface area contributed by atoms with Gasteiger partial charge in [-0.3, -0.25) is 4.79 Å². The summed E-state index contributed by atoms with van der Waals surface area (Å²) in [5.74, 6) is 1.04. The number of carbonyl (C=O) groups is 1. The van der Waals surface area contributed by atoms with Crippen LogP contribution in [0.4, 0.5) is 0 Å². The van der Waals surface area contributed by atoms with Crippen molar-refractivity contribution in [3.05, 3.63) is 35.9 Å². The average Bonchev–Trinajstić information content (AvgIpc) is 2.70. The molecule has 2 fully saturated rings. The van der Waals surface area contributed by atoms with Crippen molar-refractivity contribution >= 4 is 30.7 Å². The fraction of sp³-hybridized carbons (Fsp3) is 0.696. The van der Waals surface area contributed by atoms with Gasteiger partial charge in [0.15, 0.2) is 0 Å². The molecular weight excluding hydrogens is 405 g/mol. The molecule has 1 saturated carbocycles. The van der Waals surface area contributed by atoms with Crippen LogP contribution in [0.25, 0.3) is 0 Å². The molecule has 1 aromatic rings. The lowest BCUT2D eigenvalue weighted by atomic mass is 9.71. The highest BCUT2D eigenvalue weighted by Crippen LogP contribution is 2.39. The summed E-state index contributed by atoms with van der Waals surface area (Å²) in [5.41, 5.74) is 7.53. The maximum atomic E-state index is 12.9. The first-order chi connectivity index (χ1) is 13.1. The zero-order chi connectivity index (χ0) is 19.1. The van der Waals surface area contributed by atoms with Gasteiger partial charge in [-0.15, -0.1) is 24.8 Å². The van der Waals surface area contributed by atoms with Gasteiger partial charge in [0.2, 0.25) is 5.91 Å². The van der Waals surface area contributed by atoms with Crippen molar-refractivity contribution in [1.82, 2.24) is 9.80 Å². The highest BCUT2D eigenvalue weighted by atomic mass is 35.5. The summed E-state index contributed by atoms with van der Waals surface area (Å²) in [4.78, 5) is 17.4. The smallest absolute Gasteiger partial charge is 0.223 e. The van der Waals surface area contributed by atoms with Gasteiger partial charge >= 0.3 is 0 Å². The first-order valence-corrected chi connectivity index (χ1v) is 10.8. The van der Waals surface area contributed by atoms with Crippen molar-refractivity contribution in [2.45, 2.75) is 57.9 Å². The van der Waals surface area contributed by atoms with Gasteiger partial charge in [0.1, 0.15) is 0 Å². The van der Waals surface area contributed by atoms with Crippen LogP contribution in [-0.2, 0) is 11.3 Å². The summed E-state index contributed by atoms with van der Waals surface area (Å²) in [6, 6.07) is 10.7. The van der Waals surface area contributed by atoms with E-state index in [0.717, 1.165) is 51.9 Å². The highest BCUT2D eigenvalue weighted by Gasteiger charge is 2.35. The zero-order valence-corrected chi connectivity index (χ0v) is 19.5. The molecule has 1 aliphatic carbocycles. The lowest BCUT2D eigenvalue weighted by molar-refractivity contribution is -0.135. The van der Waals surface area contributed by atoms with Crippen molar-refractivity contribution in [2.75, 3.05) is 33.2 Å². The largest absolute Gasteiger partial charge is 0.343 e. The number of halogens is 2.